The molecule has 4 aromatic rings. The van der Waals surface area contributed by atoms with Crippen molar-refractivity contribution in [1.29, 1.82) is 0 Å². The fourth-order valence-corrected chi connectivity index (χ4v) is 3.02. The van der Waals surface area contributed by atoms with Crippen molar-refractivity contribution < 1.29 is 0 Å². The summed E-state index contributed by atoms with van der Waals surface area (Å²) >= 11 is 0. The summed E-state index contributed by atoms with van der Waals surface area (Å²) in [6.45, 7) is 1.81. The predicted molar refractivity (Wildman–Crippen MR) is 107 cm³/mol. The number of aromatic amines is 1. The van der Waals surface area contributed by atoms with Gasteiger partial charge in [0, 0.05) is 22.1 Å². The zero-order chi connectivity index (χ0) is 17.9. The lowest BCUT2D eigenvalue weighted by molar-refractivity contribution is 1.23. The van der Waals surface area contributed by atoms with Crippen molar-refractivity contribution >= 4 is 22.3 Å². The second-order valence-corrected chi connectivity index (χ2v) is 6.21. The van der Waals surface area contributed by atoms with Gasteiger partial charge in [0.2, 0.25) is 0 Å². The Bertz CT molecular complexity index is 1100. The van der Waals surface area contributed by atoms with Gasteiger partial charge in [0.1, 0.15) is 0 Å². The van der Waals surface area contributed by atoms with Crippen LogP contribution in [-0.2, 0) is 0 Å². The van der Waals surface area contributed by atoms with E-state index in [0.717, 1.165) is 33.4 Å². The van der Waals surface area contributed by atoms with Gasteiger partial charge in [-0.15, -0.1) is 0 Å². The number of nitrogens with one attached hydrogen (secondary N) is 1. The SMILES string of the molecule is Cc1cc2c(N=C(c3ccccc3)c3ccccc3)cccc2[nH]c1=O. The van der Waals surface area contributed by atoms with E-state index in [1.54, 1.807) is 0 Å². The fraction of sp³-hybridized carbons (Fsp3) is 0.0435. The molecule has 0 aliphatic heterocycles. The highest BCUT2D eigenvalue weighted by Gasteiger charge is 2.09. The van der Waals surface area contributed by atoms with Crippen molar-refractivity contribution in [2.45, 2.75) is 6.92 Å². The van der Waals surface area contributed by atoms with E-state index in [2.05, 4.69) is 29.2 Å². The summed E-state index contributed by atoms with van der Waals surface area (Å²) < 4.78 is 0. The zero-order valence-electron chi connectivity index (χ0n) is 14.4. The van der Waals surface area contributed by atoms with Gasteiger partial charge >= 0.3 is 0 Å². The van der Waals surface area contributed by atoms with Crippen LogP contribution in [0.2, 0.25) is 0 Å². The van der Waals surface area contributed by atoms with E-state index in [9.17, 15) is 4.79 Å². The Morgan fingerprint density at radius 1 is 0.808 bits per heavy atom. The van der Waals surface area contributed by atoms with Crippen LogP contribution in [0.3, 0.4) is 0 Å². The molecule has 0 spiro atoms. The highest BCUT2D eigenvalue weighted by molar-refractivity contribution is 6.14. The number of pyridine rings is 1. The molecule has 0 saturated carbocycles. The van der Waals surface area contributed by atoms with Crippen LogP contribution < -0.4 is 5.56 Å². The molecular formula is C23H18N2O. The smallest absolute Gasteiger partial charge is 0.251 e. The summed E-state index contributed by atoms with van der Waals surface area (Å²) in [5, 5.41) is 0.939. The van der Waals surface area contributed by atoms with Crippen molar-refractivity contribution in [3.8, 4) is 0 Å². The summed E-state index contributed by atoms with van der Waals surface area (Å²) in [7, 11) is 0. The maximum atomic E-state index is 11.9. The molecule has 4 rings (SSSR count). The van der Waals surface area contributed by atoms with E-state index in [1.807, 2.05) is 67.6 Å². The van der Waals surface area contributed by atoms with E-state index in [1.165, 1.54) is 0 Å². The molecule has 3 aromatic carbocycles. The maximum Gasteiger partial charge on any atom is 0.251 e. The summed E-state index contributed by atoms with van der Waals surface area (Å²) in [5.74, 6) is 0. The Hall–Kier alpha value is -3.46. The van der Waals surface area contributed by atoms with Crippen molar-refractivity contribution in [3.05, 3.63) is 112 Å². The van der Waals surface area contributed by atoms with Crippen LogP contribution in [0.4, 0.5) is 5.69 Å². The molecule has 3 nitrogen and oxygen atoms in total. The quantitative estimate of drug-likeness (QED) is 0.525. The summed E-state index contributed by atoms with van der Waals surface area (Å²) in [5.41, 5.74) is 5.26. The fourth-order valence-electron chi connectivity index (χ4n) is 3.02. The topological polar surface area (TPSA) is 45.2 Å². The lowest BCUT2D eigenvalue weighted by Gasteiger charge is -2.09. The number of aryl methyl sites for hydroxylation is 1. The first kappa shape index (κ1) is 16.0. The van der Waals surface area contributed by atoms with Gasteiger partial charge in [0.25, 0.3) is 5.56 Å². The van der Waals surface area contributed by atoms with Crippen LogP contribution in [0.1, 0.15) is 16.7 Å². The normalized spacial score (nSPS) is 10.7. The number of aliphatic imine (C=N–C) groups is 1. The predicted octanol–water partition coefficient (Wildman–Crippen LogP) is 5.01. The standard InChI is InChI=1S/C23H18N2O/c1-16-15-19-20(13-8-14-21(19)25-23(16)26)24-22(17-9-4-2-5-10-17)18-11-6-3-7-12-18/h2-15H,1H3,(H,25,26). The van der Waals surface area contributed by atoms with Crippen molar-refractivity contribution in [1.82, 2.24) is 4.98 Å². The second kappa shape index (κ2) is 6.81. The van der Waals surface area contributed by atoms with E-state index >= 15 is 0 Å². The minimum absolute atomic E-state index is 0.0648. The number of hydrogen-bond acceptors (Lipinski definition) is 2. The number of fused-ring (bicyclic) bond motifs is 1. The number of rotatable bonds is 3. The average molecular weight is 338 g/mol. The van der Waals surface area contributed by atoms with Crippen molar-refractivity contribution in [2.75, 3.05) is 0 Å². The van der Waals surface area contributed by atoms with Crippen LogP contribution in [-0.4, -0.2) is 10.7 Å². The molecule has 0 aliphatic rings. The van der Waals surface area contributed by atoms with Gasteiger partial charge in [0.15, 0.2) is 0 Å². The minimum Gasteiger partial charge on any atom is -0.322 e. The molecule has 0 aliphatic carbocycles. The average Bonchev–Trinajstić information content (AvgIpc) is 2.68. The number of H-pyrrole nitrogens is 1. The van der Waals surface area contributed by atoms with Crippen LogP contribution in [0.5, 0.6) is 0 Å². The van der Waals surface area contributed by atoms with Crippen LogP contribution >= 0.6 is 0 Å². The third-order valence-electron chi connectivity index (χ3n) is 4.38. The maximum absolute atomic E-state index is 11.9. The third-order valence-corrected chi connectivity index (χ3v) is 4.38. The van der Waals surface area contributed by atoms with Crippen LogP contribution in [0, 0.1) is 6.92 Å². The van der Waals surface area contributed by atoms with Gasteiger partial charge in [-0.25, -0.2) is 4.99 Å². The number of hydrogen-bond donors (Lipinski definition) is 1. The third kappa shape index (κ3) is 3.07. The molecule has 1 heterocycles. The minimum atomic E-state index is -0.0648. The van der Waals surface area contributed by atoms with E-state index in [0.29, 0.717) is 5.56 Å². The van der Waals surface area contributed by atoms with Crippen LogP contribution in [0.25, 0.3) is 10.9 Å². The van der Waals surface area contributed by atoms with E-state index in [4.69, 9.17) is 4.99 Å². The van der Waals surface area contributed by atoms with Crippen LogP contribution in [0.15, 0.2) is 94.7 Å². The molecule has 0 unspecified atom stereocenters. The summed E-state index contributed by atoms with van der Waals surface area (Å²) in [6, 6.07) is 28.0. The van der Waals surface area contributed by atoms with Gasteiger partial charge in [0.05, 0.1) is 16.9 Å². The van der Waals surface area contributed by atoms with Crippen molar-refractivity contribution in [2.24, 2.45) is 4.99 Å². The number of benzene rings is 3. The number of nitrogens with zero attached hydrogens (tertiary/aromatic N) is 1. The van der Waals surface area contributed by atoms with Gasteiger partial charge in [-0.2, -0.15) is 0 Å². The monoisotopic (exact) mass is 338 g/mol. The first-order chi connectivity index (χ1) is 12.7. The molecule has 0 radical (unpaired) electrons. The second-order valence-electron chi connectivity index (χ2n) is 6.21. The molecule has 0 amide bonds. The molecule has 0 bridgehead atoms. The largest absolute Gasteiger partial charge is 0.322 e. The van der Waals surface area contributed by atoms with Gasteiger partial charge in [-0.05, 0) is 25.1 Å². The Kier molecular flexibility index (Phi) is 4.20. The molecule has 0 saturated heterocycles. The Balaban J connectivity index is 1.98. The Morgan fingerprint density at radius 3 is 2.04 bits per heavy atom. The van der Waals surface area contributed by atoms with Gasteiger partial charge < -0.3 is 4.98 Å². The molecule has 126 valence electrons. The molecule has 0 fully saturated rings. The Labute approximate surface area is 151 Å². The van der Waals surface area contributed by atoms with E-state index in [-0.39, 0.29) is 5.56 Å². The molecule has 0 atom stereocenters. The molecule has 1 aromatic heterocycles. The molecule has 26 heavy (non-hydrogen) atoms. The lowest BCUT2D eigenvalue weighted by atomic mass is 10.0. The first-order valence-corrected chi connectivity index (χ1v) is 8.54. The number of aromatic nitrogens is 1. The Morgan fingerprint density at radius 2 is 1.42 bits per heavy atom. The molecular weight excluding hydrogens is 320 g/mol. The molecule has 3 heteroatoms. The highest BCUT2D eigenvalue weighted by atomic mass is 16.1. The summed E-state index contributed by atoms with van der Waals surface area (Å²) in [6.07, 6.45) is 0. The molecule has 1 N–H and O–H groups in total. The van der Waals surface area contributed by atoms with E-state index < -0.39 is 0 Å². The summed E-state index contributed by atoms with van der Waals surface area (Å²) in [4.78, 5) is 19.8. The lowest BCUT2D eigenvalue weighted by Crippen LogP contribution is -2.08. The highest BCUT2D eigenvalue weighted by Crippen LogP contribution is 2.26. The van der Waals surface area contributed by atoms with Gasteiger partial charge in [-0.1, -0.05) is 66.7 Å². The van der Waals surface area contributed by atoms with Gasteiger partial charge in [-0.3, -0.25) is 4.79 Å². The first-order valence-electron chi connectivity index (χ1n) is 8.54. The zero-order valence-corrected chi connectivity index (χ0v) is 14.4. The van der Waals surface area contributed by atoms with Crippen molar-refractivity contribution in [3.63, 3.8) is 0 Å².